The van der Waals surface area contributed by atoms with Gasteiger partial charge in [-0.1, -0.05) is 278 Å². The van der Waals surface area contributed by atoms with E-state index in [1.165, 1.54) is 141 Å². The molecule has 0 radical (unpaired) electrons. The van der Waals surface area contributed by atoms with Crippen LogP contribution >= 0.6 is 15.6 Å². The molecule has 83 heavy (non-hydrogen) atoms. The van der Waals surface area contributed by atoms with Crippen LogP contribution in [-0.4, -0.2) is 96.7 Å². The molecule has 0 amide bonds. The van der Waals surface area contributed by atoms with Crippen LogP contribution in [0.1, 0.15) is 329 Å². The minimum Gasteiger partial charge on any atom is -0.462 e. The second kappa shape index (κ2) is 59.0. The lowest BCUT2D eigenvalue weighted by Crippen LogP contribution is -2.30. The van der Waals surface area contributed by atoms with Crippen molar-refractivity contribution in [2.24, 2.45) is 0 Å². The number of phosphoric ester groups is 2. The van der Waals surface area contributed by atoms with E-state index < -0.39 is 97.5 Å². The fourth-order valence-electron chi connectivity index (χ4n) is 9.63. The second-order valence-electron chi connectivity index (χ2n) is 23.2. The number of hydrogen-bond acceptors (Lipinski definition) is 15. The summed E-state index contributed by atoms with van der Waals surface area (Å²) in [7, 11) is -9.87. The molecule has 0 aliphatic carbocycles. The molecule has 3 N–H and O–H groups in total. The van der Waals surface area contributed by atoms with Crippen LogP contribution in [0.2, 0.25) is 0 Å². The standard InChI is InChI=1S/C64H124O17P2/c1-5-9-13-17-20-22-24-26-27-28-29-30-31-32-34-36-39-43-47-51-64(69)81-60(55-75-62(67)49-45-41-38-35-33-25-23-21-18-14-10-6-2)57-79-83(72,73)77-53-58(65)52-76-82(70,71)78-56-59(54-74-61(66)48-44-40-16-12-8-4)80-63(68)50-46-42-37-19-15-11-7-3/h58-60,65H,5-57H2,1-4H3,(H,70,71)(H,72,73)/t58-,59+,60+/m0/s1. The van der Waals surface area contributed by atoms with Crippen LogP contribution in [0, 0.1) is 0 Å². The van der Waals surface area contributed by atoms with E-state index in [1.807, 2.05) is 0 Å². The van der Waals surface area contributed by atoms with Gasteiger partial charge in [-0.25, -0.2) is 9.13 Å². The molecule has 0 bridgehead atoms. The van der Waals surface area contributed by atoms with Gasteiger partial charge in [-0.2, -0.15) is 0 Å². The van der Waals surface area contributed by atoms with Crippen molar-refractivity contribution in [2.75, 3.05) is 39.6 Å². The van der Waals surface area contributed by atoms with Crippen LogP contribution < -0.4 is 0 Å². The first-order valence-electron chi connectivity index (χ1n) is 33.8. The average molecular weight is 1230 g/mol. The Bertz CT molecular complexity index is 1600. The second-order valence-corrected chi connectivity index (χ2v) is 26.1. The minimum absolute atomic E-state index is 0.103. The van der Waals surface area contributed by atoms with E-state index in [-0.39, 0.29) is 25.7 Å². The van der Waals surface area contributed by atoms with Gasteiger partial charge in [-0.15, -0.1) is 0 Å². The number of aliphatic hydroxyl groups is 1. The molecule has 0 aromatic rings. The maximum absolute atomic E-state index is 13.0. The van der Waals surface area contributed by atoms with Gasteiger partial charge >= 0.3 is 39.5 Å². The van der Waals surface area contributed by atoms with Crippen molar-refractivity contribution in [3.8, 4) is 0 Å². The van der Waals surface area contributed by atoms with Gasteiger partial charge in [-0.3, -0.25) is 37.3 Å². The molecule has 0 saturated carbocycles. The summed E-state index contributed by atoms with van der Waals surface area (Å²) < 4.78 is 67.7. The molecule has 0 aromatic heterocycles. The zero-order valence-electron chi connectivity index (χ0n) is 53.2. The van der Waals surface area contributed by atoms with Crippen LogP contribution in [-0.2, 0) is 65.4 Å². The Labute approximate surface area is 505 Å². The zero-order chi connectivity index (χ0) is 61.2. The van der Waals surface area contributed by atoms with E-state index in [4.69, 9.17) is 37.0 Å². The van der Waals surface area contributed by atoms with E-state index in [0.29, 0.717) is 25.7 Å². The Kier molecular flexibility index (Phi) is 57.7. The highest BCUT2D eigenvalue weighted by atomic mass is 31.2. The summed E-state index contributed by atoms with van der Waals surface area (Å²) in [4.78, 5) is 71.8. The number of rotatable bonds is 65. The fraction of sp³-hybridized carbons (Fsp3) is 0.938. The summed E-state index contributed by atoms with van der Waals surface area (Å²) in [5.74, 6) is -2.15. The Balaban J connectivity index is 5.10. The van der Waals surface area contributed by atoms with Crippen molar-refractivity contribution in [2.45, 2.75) is 348 Å². The quantitative estimate of drug-likeness (QED) is 0.0222. The number of ether oxygens (including phenoxy) is 4. The number of hydrogen-bond donors (Lipinski definition) is 3. The van der Waals surface area contributed by atoms with Crippen molar-refractivity contribution in [1.82, 2.24) is 0 Å². The van der Waals surface area contributed by atoms with Crippen molar-refractivity contribution in [1.29, 1.82) is 0 Å². The van der Waals surface area contributed by atoms with Gasteiger partial charge < -0.3 is 33.8 Å². The molecule has 492 valence electrons. The third-order valence-electron chi connectivity index (χ3n) is 14.9. The topological polar surface area (TPSA) is 237 Å². The van der Waals surface area contributed by atoms with Crippen LogP contribution in [0.4, 0.5) is 0 Å². The summed E-state index contributed by atoms with van der Waals surface area (Å²) in [6.07, 6.45) is 45.0. The smallest absolute Gasteiger partial charge is 0.462 e. The third-order valence-corrected chi connectivity index (χ3v) is 16.8. The number of esters is 4. The lowest BCUT2D eigenvalue weighted by molar-refractivity contribution is -0.161. The fourth-order valence-corrected chi connectivity index (χ4v) is 11.2. The van der Waals surface area contributed by atoms with E-state index in [0.717, 1.165) is 109 Å². The normalized spacial score (nSPS) is 14.2. The highest BCUT2D eigenvalue weighted by Crippen LogP contribution is 2.45. The van der Waals surface area contributed by atoms with E-state index in [2.05, 4.69) is 27.7 Å². The number of carbonyl (C=O) groups is 4. The number of aliphatic hydroxyl groups excluding tert-OH is 1. The largest absolute Gasteiger partial charge is 0.472 e. The monoisotopic (exact) mass is 1230 g/mol. The molecule has 2 unspecified atom stereocenters. The number of carbonyl (C=O) groups excluding carboxylic acids is 4. The van der Waals surface area contributed by atoms with Crippen LogP contribution in [0.15, 0.2) is 0 Å². The Morgan fingerprint density at radius 3 is 0.711 bits per heavy atom. The SMILES string of the molecule is CCCCCCCCCCCCCCCCCCCCCC(=O)O[C@H](COC(=O)CCCCCCCCCCCCCC)COP(=O)(O)OC[C@@H](O)COP(=O)(O)OC[C@@H](COC(=O)CCCCCCC)OC(=O)CCCCCCCCC. The molecule has 19 heteroatoms. The van der Waals surface area contributed by atoms with Crippen molar-refractivity contribution in [3.05, 3.63) is 0 Å². The molecule has 0 spiro atoms. The first-order chi connectivity index (χ1) is 40.2. The zero-order valence-corrected chi connectivity index (χ0v) is 54.9. The third kappa shape index (κ3) is 58.8. The van der Waals surface area contributed by atoms with Crippen LogP contribution in [0.5, 0.6) is 0 Å². The lowest BCUT2D eigenvalue weighted by atomic mass is 10.0. The van der Waals surface area contributed by atoms with E-state index in [1.54, 1.807) is 0 Å². The molecular formula is C64H124O17P2. The summed E-state index contributed by atoms with van der Waals surface area (Å²) in [5, 5.41) is 10.5. The predicted octanol–water partition coefficient (Wildman–Crippen LogP) is 17.9. The van der Waals surface area contributed by atoms with Gasteiger partial charge in [0, 0.05) is 25.7 Å². The molecule has 17 nitrogen and oxygen atoms in total. The van der Waals surface area contributed by atoms with Crippen LogP contribution in [0.3, 0.4) is 0 Å². The molecule has 0 aliphatic rings. The minimum atomic E-state index is -4.94. The molecule has 0 heterocycles. The summed E-state index contributed by atoms with van der Waals surface area (Å²) in [5.41, 5.74) is 0. The van der Waals surface area contributed by atoms with Gasteiger partial charge in [-0.05, 0) is 25.7 Å². The van der Waals surface area contributed by atoms with Crippen molar-refractivity contribution in [3.63, 3.8) is 0 Å². The van der Waals surface area contributed by atoms with Gasteiger partial charge in [0.25, 0.3) is 0 Å². The maximum Gasteiger partial charge on any atom is 0.472 e. The van der Waals surface area contributed by atoms with Gasteiger partial charge in [0.05, 0.1) is 26.4 Å². The molecule has 0 aromatic carbocycles. The highest BCUT2D eigenvalue weighted by Gasteiger charge is 2.30. The predicted molar refractivity (Wildman–Crippen MR) is 331 cm³/mol. The molecule has 5 atom stereocenters. The molecule has 0 fully saturated rings. The molecule has 0 rings (SSSR count). The average Bonchev–Trinajstić information content (AvgIpc) is 3.46. The maximum atomic E-state index is 13.0. The molecule has 0 aliphatic heterocycles. The Hall–Kier alpha value is -1.94. The van der Waals surface area contributed by atoms with Gasteiger partial charge in [0.2, 0.25) is 0 Å². The highest BCUT2D eigenvalue weighted by molar-refractivity contribution is 7.47. The molecule has 0 saturated heterocycles. The summed E-state index contributed by atoms with van der Waals surface area (Å²) in [6.45, 7) is 4.76. The summed E-state index contributed by atoms with van der Waals surface area (Å²) >= 11 is 0. The van der Waals surface area contributed by atoms with Gasteiger partial charge in [0.15, 0.2) is 12.2 Å². The van der Waals surface area contributed by atoms with Crippen molar-refractivity contribution >= 4 is 39.5 Å². The van der Waals surface area contributed by atoms with Gasteiger partial charge in [0.1, 0.15) is 19.3 Å². The number of phosphoric acid groups is 2. The molecular weight excluding hydrogens is 1100 g/mol. The first-order valence-corrected chi connectivity index (χ1v) is 36.8. The van der Waals surface area contributed by atoms with E-state index in [9.17, 15) is 43.2 Å². The number of unbranched alkanes of at least 4 members (excludes halogenated alkanes) is 39. The van der Waals surface area contributed by atoms with Crippen molar-refractivity contribution < 1.29 is 80.2 Å². The first kappa shape index (κ1) is 81.1. The Morgan fingerprint density at radius 1 is 0.289 bits per heavy atom. The van der Waals surface area contributed by atoms with E-state index >= 15 is 0 Å². The Morgan fingerprint density at radius 2 is 0.482 bits per heavy atom. The summed E-state index contributed by atoms with van der Waals surface area (Å²) in [6, 6.07) is 0. The lowest BCUT2D eigenvalue weighted by Gasteiger charge is -2.21. The van der Waals surface area contributed by atoms with Crippen LogP contribution in [0.25, 0.3) is 0 Å².